The number of nitrogens with one attached hydrogen (secondary N) is 1. The minimum absolute atomic E-state index is 0.0915. The first kappa shape index (κ1) is 14.6. The highest BCUT2D eigenvalue weighted by Gasteiger charge is 2.30. The molecular weight excluding hydrogens is 276 g/mol. The zero-order chi connectivity index (χ0) is 15.2. The molecule has 0 unspecified atom stereocenters. The fourth-order valence-corrected chi connectivity index (χ4v) is 1.90. The van der Waals surface area contributed by atoms with Crippen molar-refractivity contribution in [1.82, 2.24) is 15.3 Å². The number of benzene rings is 1. The van der Waals surface area contributed by atoms with Gasteiger partial charge >= 0.3 is 18.2 Å². The van der Waals surface area contributed by atoms with Crippen molar-refractivity contribution in [1.29, 1.82) is 0 Å². The molecule has 0 saturated carbocycles. The Bertz CT molecular complexity index is 534. The molecule has 0 aliphatic carbocycles. The van der Waals surface area contributed by atoms with Gasteiger partial charge in [0.05, 0.1) is 0 Å². The smallest absolute Gasteiger partial charge is 0.426 e. The highest BCUT2D eigenvalue weighted by molar-refractivity contribution is 5.93. The van der Waals surface area contributed by atoms with Crippen molar-refractivity contribution in [3.63, 3.8) is 0 Å². The topological polar surface area (TPSA) is 105 Å². The number of hydrazine groups is 1. The van der Waals surface area contributed by atoms with Gasteiger partial charge in [0.15, 0.2) is 0 Å². The summed E-state index contributed by atoms with van der Waals surface area (Å²) < 4.78 is 5.00. The van der Waals surface area contributed by atoms with E-state index < -0.39 is 18.2 Å². The third-order valence-electron chi connectivity index (χ3n) is 2.93. The molecule has 112 valence electrons. The zero-order valence-electron chi connectivity index (χ0n) is 11.3. The van der Waals surface area contributed by atoms with E-state index in [0.29, 0.717) is 13.0 Å². The Morgan fingerprint density at radius 1 is 1.24 bits per heavy atom. The van der Waals surface area contributed by atoms with Crippen LogP contribution in [0.2, 0.25) is 0 Å². The van der Waals surface area contributed by atoms with E-state index in [1.807, 2.05) is 30.3 Å². The molecular formula is C13H16N4O4. The van der Waals surface area contributed by atoms with E-state index in [-0.39, 0.29) is 13.2 Å². The number of rotatable bonds is 3. The number of ether oxygens (including phenoxy) is 1. The normalized spacial score (nSPS) is 14.8. The molecule has 1 saturated heterocycles. The van der Waals surface area contributed by atoms with E-state index in [1.54, 1.807) is 0 Å². The molecule has 1 aromatic carbocycles. The molecule has 21 heavy (non-hydrogen) atoms. The summed E-state index contributed by atoms with van der Waals surface area (Å²) in [6, 6.07) is 7.64. The van der Waals surface area contributed by atoms with Gasteiger partial charge in [0.1, 0.15) is 6.61 Å². The summed E-state index contributed by atoms with van der Waals surface area (Å²) in [6.07, 6.45) is -0.244. The Morgan fingerprint density at radius 2 is 1.95 bits per heavy atom. The van der Waals surface area contributed by atoms with Crippen LogP contribution >= 0.6 is 0 Å². The van der Waals surface area contributed by atoms with E-state index >= 15 is 0 Å². The quantitative estimate of drug-likeness (QED) is 0.868. The van der Waals surface area contributed by atoms with Gasteiger partial charge in [-0.05, 0) is 12.0 Å². The first-order valence-corrected chi connectivity index (χ1v) is 6.43. The Hall–Kier alpha value is -2.77. The van der Waals surface area contributed by atoms with E-state index in [1.165, 1.54) is 0 Å². The van der Waals surface area contributed by atoms with Crippen LogP contribution in [0.1, 0.15) is 12.0 Å². The molecule has 0 bridgehead atoms. The molecule has 5 amide bonds. The molecule has 8 nitrogen and oxygen atoms in total. The number of amides is 5. The lowest BCUT2D eigenvalue weighted by Gasteiger charge is -2.32. The fraction of sp³-hybridized carbons (Fsp3) is 0.308. The second kappa shape index (κ2) is 6.60. The Kier molecular flexibility index (Phi) is 4.60. The second-order valence-corrected chi connectivity index (χ2v) is 4.45. The highest BCUT2D eigenvalue weighted by Crippen LogP contribution is 2.07. The summed E-state index contributed by atoms with van der Waals surface area (Å²) in [5.41, 5.74) is 8.21. The van der Waals surface area contributed by atoms with Crippen LogP contribution in [0.4, 0.5) is 14.4 Å². The Labute approximate surface area is 121 Å². The maximum Gasteiger partial charge on any atom is 0.426 e. The van der Waals surface area contributed by atoms with Gasteiger partial charge in [0.25, 0.3) is 0 Å². The number of nitrogens with two attached hydrogens (primary N) is 1. The average Bonchev–Trinajstić information content (AvgIpc) is 2.48. The number of nitrogens with zero attached hydrogens (tertiary/aromatic N) is 2. The number of carbonyl (C=O) groups excluding carboxylic acids is 3. The number of hydrogen-bond acceptors (Lipinski definition) is 4. The second-order valence-electron chi connectivity index (χ2n) is 4.45. The van der Waals surface area contributed by atoms with Crippen LogP contribution in [0.15, 0.2) is 30.3 Å². The van der Waals surface area contributed by atoms with Gasteiger partial charge in [-0.1, -0.05) is 30.3 Å². The van der Waals surface area contributed by atoms with Crippen LogP contribution in [0.25, 0.3) is 0 Å². The van der Waals surface area contributed by atoms with Gasteiger partial charge in [-0.2, -0.15) is 0 Å². The SMILES string of the molecule is NC(=O)N1CCCN(NC(=O)OCc2ccccc2)C1=O. The summed E-state index contributed by atoms with van der Waals surface area (Å²) >= 11 is 0. The Morgan fingerprint density at radius 3 is 2.62 bits per heavy atom. The number of hydrogen-bond donors (Lipinski definition) is 2. The molecule has 0 radical (unpaired) electrons. The van der Waals surface area contributed by atoms with Gasteiger partial charge < -0.3 is 10.5 Å². The van der Waals surface area contributed by atoms with Crippen molar-refractivity contribution in [2.24, 2.45) is 5.73 Å². The molecule has 2 rings (SSSR count). The molecule has 0 atom stereocenters. The summed E-state index contributed by atoms with van der Waals surface area (Å²) in [6.45, 7) is 0.628. The summed E-state index contributed by atoms with van der Waals surface area (Å²) in [7, 11) is 0. The van der Waals surface area contributed by atoms with Crippen molar-refractivity contribution in [3.8, 4) is 0 Å². The largest absolute Gasteiger partial charge is 0.443 e. The summed E-state index contributed by atoms with van der Waals surface area (Å²) in [4.78, 5) is 35.4. The number of urea groups is 2. The van der Waals surface area contributed by atoms with Gasteiger partial charge in [0.2, 0.25) is 0 Å². The van der Waals surface area contributed by atoms with Gasteiger partial charge in [-0.15, -0.1) is 0 Å². The van der Waals surface area contributed by atoms with Crippen molar-refractivity contribution < 1.29 is 19.1 Å². The van der Waals surface area contributed by atoms with E-state index in [9.17, 15) is 14.4 Å². The summed E-state index contributed by atoms with van der Waals surface area (Å²) in [5.74, 6) is 0. The number of carbonyl (C=O) groups is 3. The first-order valence-electron chi connectivity index (χ1n) is 6.43. The van der Waals surface area contributed by atoms with Crippen molar-refractivity contribution in [3.05, 3.63) is 35.9 Å². The van der Waals surface area contributed by atoms with Crippen molar-refractivity contribution in [2.75, 3.05) is 13.1 Å². The molecule has 8 heteroatoms. The summed E-state index contributed by atoms with van der Waals surface area (Å²) in [5, 5.41) is 1.02. The lowest BCUT2D eigenvalue weighted by Crippen LogP contribution is -2.58. The molecule has 0 spiro atoms. The van der Waals surface area contributed by atoms with Gasteiger partial charge in [-0.25, -0.2) is 29.7 Å². The maximum absolute atomic E-state index is 11.9. The van der Waals surface area contributed by atoms with Crippen LogP contribution in [0.5, 0.6) is 0 Å². The van der Waals surface area contributed by atoms with Crippen molar-refractivity contribution >= 4 is 18.2 Å². The number of primary amides is 1. The minimum Gasteiger partial charge on any atom is -0.443 e. The fourth-order valence-electron chi connectivity index (χ4n) is 1.90. The lowest BCUT2D eigenvalue weighted by atomic mass is 10.2. The van der Waals surface area contributed by atoms with Gasteiger partial charge in [-0.3, -0.25) is 0 Å². The van der Waals surface area contributed by atoms with Crippen LogP contribution in [0.3, 0.4) is 0 Å². The van der Waals surface area contributed by atoms with Gasteiger partial charge in [0, 0.05) is 13.1 Å². The number of imide groups is 1. The molecule has 1 heterocycles. The zero-order valence-corrected chi connectivity index (χ0v) is 11.3. The molecule has 1 aromatic rings. The predicted molar refractivity (Wildman–Crippen MR) is 72.8 cm³/mol. The minimum atomic E-state index is -0.843. The molecule has 3 N–H and O–H groups in total. The predicted octanol–water partition coefficient (Wildman–Crippen LogP) is 1.03. The molecule has 0 aromatic heterocycles. The lowest BCUT2D eigenvalue weighted by molar-refractivity contribution is 0.0863. The Balaban J connectivity index is 1.84. The molecule has 1 aliphatic heterocycles. The van der Waals surface area contributed by atoms with E-state index in [2.05, 4.69) is 5.43 Å². The van der Waals surface area contributed by atoms with E-state index in [4.69, 9.17) is 10.5 Å². The van der Waals surface area contributed by atoms with Crippen LogP contribution < -0.4 is 11.2 Å². The van der Waals surface area contributed by atoms with Crippen LogP contribution in [-0.2, 0) is 11.3 Å². The first-order chi connectivity index (χ1) is 10.1. The van der Waals surface area contributed by atoms with Crippen LogP contribution in [-0.4, -0.2) is 41.2 Å². The van der Waals surface area contributed by atoms with E-state index in [0.717, 1.165) is 15.5 Å². The average molecular weight is 292 g/mol. The third kappa shape index (κ3) is 3.85. The monoisotopic (exact) mass is 292 g/mol. The third-order valence-corrected chi connectivity index (χ3v) is 2.93. The standard InChI is InChI=1S/C13H16N4O4/c14-11(18)16-7-4-8-17(13(16)20)15-12(19)21-9-10-5-2-1-3-6-10/h1-3,5-6H,4,7-9H2,(H2,14,18)(H,15,19). The van der Waals surface area contributed by atoms with Crippen molar-refractivity contribution in [2.45, 2.75) is 13.0 Å². The maximum atomic E-state index is 11.9. The van der Waals surface area contributed by atoms with Crippen LogP contribution in [0, 0.1) is 0 Å². The highest BCUT2D eigenvalue weighted by atomic mass is 16.6. The molecule has 1 fully saturated rings. The molecule has 1 aliphatic rings.